The van der Waals surface area contributed by atoms with Crippen LogP contribution in [-0.2, 0) is 9.59 Å². The molecule has 1 aliphatic heterocycles. The van der Waals surface area contributed by atoms with Gasteiger partial charge in [0, 0.05) is 17.8 Å². The number of imide groups is 1. The lowest BCUT2D eigenvalue weighted by molar-refractivity contribution is -0.384. The molecule has 0 atom stereocenters. The van der Waals surface area contributed by atoms with Gasteiger partial charge in [-0.05, 0) is 48.0 Å². The number of urea groups is 1. The molecule has 2 N–H and O–H groups in total. The number of nitrogens with zero attached hydrogens (tertiary/aromatic N) is 2. The molecule has 0 aliphatic carbocycles. The van der Waals surface area contributed by atoms with Crippen LogP contribution in [-0.4, -0.2) is 34.2 Å². The standard InChI is InChI=1S/C18H13FN4O5/c19-12-3-5-13(6-4-12)20-16(24)10-22-17(25)15(21-18(22)26)9-11-1-7-14(8-2-11)23(27)28/h1-9H,10H2,(H,20,24)(H,21,26)/b15-9-. The Kier molecular flexibility index (Phi) is 5.12. The van der Waals surface area contributed by atoms with E-state index in [9.17, 15) is 28.9 Å². The number of hydrogen-bond donors (Lipinski definition) is 2. The van der Waals surface area contributed by atoms with Crippen molar-refractivity contribution in [2.24, 2.45) is 0 Å². The minimum absolute atomic E-state index is 0.0616. The first-order chi connectivity index (χ1) is 13.3. The van der Waals surface area contributed by atoms with Crippen LogP contribution in [0.3, 0.4) is 0 Å². The molecule has 0 spiro atoms. The normalized spacial score (nSPS) is 14.9. The Morgan fingerprint density at radius 3 is 2.39 bits per heavy atom. The van der Waals surface area contributed by atoms with E-state index in [4.69, 9.17) is 0 Å². The van der Waals surface area contributed by atoms with E-state index in [0.29, 0.717) is 11.3 Å². The Labute approximate surface area is 157 Å². The van der Waals surface area contributed by atoms with Crippen LogP contribution in [0.4, 0.5) is 20.6 Å². The molecule has 1 fully saturated rings. The van der Waals surface area contributed by atoms with E-state index in [1.807, 2.05) is 0 Å². The number of hydrogen-bond acceptors (Lipinski definition) is 5. The first-order valence-electron chi connectivity index (χ1n) is 7.98. The Morgan fingerprint density at radius 2 is 1.79 bits per heavy atom. The summed E-state index contributed by atoms with van der Waals surface area (Å²) in [4.78, 5) is 47.2. The number of anilines is 1. The number of nitro groups is 1. The number of nitrogens with one attached hydrogen (secondary N) is 2. The largest absolute Gasteiger partial charge is 0.329 e. The van der Waals surface area contributed by atoms with Crippen LogP contribution >= 0.6 is 0 Å². The van der Waals surface area contributed by atoms with Gasteiger partial charge in [-0.15, -0.1) is 0 Å². The topological polar surface area (TPSA) is 122 Å². The second-order valence-corrected chi connectivity index (χ2v) is 5.78. The predicted octanol–water partition coefficient (Wildman–Crippen LogP) is 2.27. The number of nitro benzene ring substituents is 1. The van der Waals surface area contributed by atoms with E-state index in [-0.39, 0.29) is 11.4 Å². The zero-order valence-electron chi connectivity index (χ0n) is 14.2. The highest BCUT2D eigenvalue weighted by Crippen LogP contribution is 2.17. The summed E-state index contributed by atoms with van der Waals surface area (Å²) in [6, 6.07) is 9.62. The van der Waals surface area contributed by atoms with Crippen molar-refractivity contribution in [2.75, 3.05) is 11.9 Å². The van der Waals surface area contributed by atoms with Crippen molar-refractivity contribution >= 4 is 35.3 Å². The van der Waals surface area contributed by atoms with E-state index in [2.05, 4.69) is 10.6 Å². The van der Waals surface area contributed by atoms with Crippen molar-refractivity contribution in [3.63, 3.8) is 0 Å². The molecule has 2 aromatic rings. The van der Waals surface area contributed by atoms with Crippen LogP contribution in [0.2, 0.25) is 0 Å². The molecule has 0 aromatic heterocycles. The summed E-state index contributed by atoms with van der Waals surface area (Å²) in [5.74, 6) is -1.81. The van der Waals surface area contributed by atoms with E-state index >= 15 is 0 Å². The van der Waals surface area contributed by atoms with Gasteiger partial charge in [-0.1, -0.05) is 0 Å². The van der Waals surface area contributed by atoms with Crippen LogP contribution in [0.5, 0.6) is 0 Å². The lowest BCUT2D eigenvalue weighted by Gasteiger charge is -2.11. The SMILES string of the molecule is O=C(CN1C(=O)N/C(=C\c2ccc([N+](=O)[O-])cc2)C1=O)Nc1ccc(F)cc1. The summed E-state index contributed by atoms with van der Waals surface area (Å²) in [7, 11) is 0. The van der Waals surface area contributed by atoms with Gasteiger partial charge in [0.15, 0.2) is 0 Å². The fraction of sp³-hybridized carbons (Fsp3) is 0.0556. The Bertz CT molecular complexity index is 986. The first-order valence-corrected chi connectivity index (χ1v) is 7.98. The quantitative estimate of drug-likeness (QED) is 0.354. The number of rotatable bonds is 5. The van der Waals surface area contributed by atoms with E-state index in [0.717, 1.165) is 17.0 Å². The highest BCUT2D eigenvalue weighted by atomic mass is 19.1. The number of carbonyl (C=O) groups excluding carboxylic acids is 3. The van der Waals surface area contributed by atoms with Crippen LogP contribution in [0.25, 0.3) is 6.08 Å². The summed E-state index contributed by atoms with van der Waals surface area (Å²) in [5.41, 5.74) is 0.614. The molecule has 28 heavy (non-hydrogen) atoms. The smallest absolute Gasteiger partial charge is 0.325 e. The molecule has 0 unspecified atom stereocenters. The van der Waals surface area contributed by atoms with Crippen molar-refractivity contribution in [3.05, 3.63) is 75.7 Å². The molecule has 142 valence electrons. The summed E-state index contributed by atoms with van der Waals surface area (Å²) >= 11 is 0. The van der Waals surface area contributed by atoms with Crippen molar-refractivity contribution in [1.29, 1.82) is 0 Å². The van der Waals surface area contributed by atoms with E-state index in [1.165, 1.54) is 42.5 Å². The molecule has 1 saturated heterocycles. The second-order valence-electron chi connectivity index (χ2n) is 5.78. The van der Waals surface area contributed by atoms with Crippen molar-refractivity contribution in [1.82, 2.24) is 10.2 Å². The molecule has 4 amide bonds. The highest BCUT2D eigenvalue weighted by Gasteiger charge is 2.34. The van der Waals surface area contributed by atoms with Crippen LogP contribution in [0.15, 0.2) is 54.2 Å². The van der Waals surface area contributed by atoms with Gasteiger partial charge in [0.2, 0.25) is 5.91 Å². The van der Waals surface area contributed by atoms with Crippen LogP contribution < -0.4 is 10.6 Å². The van der Waals surface area contributed by atoms with Gasteiger partial charge in [0.05, 0.1) is 4.92 Å². The van der Waals surface area contributed by atoms with Gasteiger partial charge in [0.1, 0.15) is 18.1 Å². The zero-order valence-corrected chi connectivity index (χ0v) is 14.2. The number of amides is 4. The average Bonchev–Trinajstić information content (AvgIpc) is 2.91. The van der Waals surface area contributed by atoms with Crippen molar-refractivity contribution < 1.29 is 23.7 Å². The van der Waals surface area contributed by atoms with Crippen molar-refractivity contribution in [2.45, 2.75) is 0 Å². The summed E-state index contributed by atoms with van der Waals surface area (Å²) in [5, 5.41) is 15.5. The molecule has 10 heteroatoms. The number of carbonyl (C=O) groups is 3. The van der Waals surface area contributed by atoms with Gasteiger partial charge >= 0.3 is 6.03 Å². The zero-order chi connectivity index (χ0) is 20.3. The molecule has 1 heterocycles. The maximum atomic E-state index is 12.9. The third kappa shape index (κ3) is 4.18. The lowest BCUT2D eigenvalue weighted by atomic mass is 10.1. The fourth-order valence-corrected chi connectivity index (χ4v) is 2.45. The minimum atomic E-state index is -0.771. The number of halogens is 1. The number of non-ortho nitro benzene ring substituents is 1. The van der Waals surface area contributed by atoms with Crippen molar-refractivity contribution in [3.8, 4) is 0 Å². The summed E-state index contributed by atoms with van der Waals surface area (Å²) < 4.78 is 12.9. The molecule has 0 radical (unpaired) electrons. The van der Waals surface area contributed by atoms with E-state index in [1.54, 1.807) is 0 Å². The van der Waals surface area contributed by atoms with Gasteiger partial charge in [-0.25, -0.2) is 14.1 Å². The Hall–Kier alpha value is -4.08. The Morgan fingerprint density at radius 1 is 1.14 bits per heavy atom. The number of benzene rings is 2. The molecular weight excluding hydrogens is 371 g/mol. The van der Waals surface area contributed by atoms with Gasteiger partial charge in [0.25, 0.3) is 11.6 Å². The van der Waals surface area contributed by atoms with Gasteiger partial charge in [-0.3, -0.25) is 19.7 Å². The van der Waals surface area contributed by atoms with E-state index < -0.39 is 35.1 Å². The molecule has 3 rings (SSSR count). The van der Waals surface area contributed by atoms with Gasteiger partial charge in [-0.2, -0.15) is 0 Å². The predicted molar refractivity (Wildman–Crippen MR) is 96.3 cm³/mol. The molecule has 0 saturated carbocycles. The third-order valence-corrected chi connectivity index (χ3v) is 3.81. The summed E-state index contributed by atoms with van der Waals surface area (Å²) in [6.07, 6.45) is 1.35. The maximum absolute atomic E-state index is 12.9. The highest BCUT2D eigenvalue weighted by molar-refractivity contribution is 6.15. The first kappa shape index (κ1) is 18.7. The second kappa shape index (κ2) is 7.66. The average molecular weight is 384 g/mol. The monoisotopic (exact) mass is 384 g/mol. The Balaban J connectivity index is 1.68. The van der Waals surface area contributed by atoms with Gasteiger partial charge < -0.3 is 10.6 Å². The lowest BCUT2D eigenvalue weighted by Crippen LogP contribution is -2.38. The molecular formula is C18H13FN4O5. The molecule has 2 aromatic carbocycles. The maximum Gasteiger partial charge on any atom is 0.329 e. The van der Waals surface area contributed by atoms with Crippen LogP contribution in [0, 0.1) is 15.9 Å². The molecule has 0 bridgehead atoms. The minimum Gasteiger partial charge on any atom is -0.325 e. The fourth-order valence-electron chi connectivity index (χ4n) is 2.45. The summed E-state index contributed by atoms with van der Waals surface area (Å²) in [6.45, 7) is -0.528. The van der Waals surface area contributed by atoms with Crippen LogP contribution in [0.1, 0.15) is 5.56 Å². The third-order valence-electron chi connectivity index (χ3n) is 3.81. The molecule has 9 nitrogen and oxygen atoms in total. The molecule has 1 aliphatic rings.